The molecule has 1 N–H and O–H groups in total. The van der Waals surface area contributed by atoms with Crippen molar-refractivity contribution in [3.63, 3.8) is 0 Å². The quantitative estimate of drug-likeness (QED) is 0.502. The van der Waals surface area contributed by atoms with Crippen molar-refractivity contribution < 1.29 is 65.6 Å². The smallest absolute Gasteiger partial charge is 0.0697 e. The van der Waals surface area contributed by atoms with Crippen molar-refractivity contribution in [1.29, 1.82) is 0 Å². The molecule has 0 saturated carbocycles. The van der Waals surface area contributed by atoms with E-state index in [0.29, 0.717) is 13.2 Å². The van der Waals surface area contributed by atoms with Crippen LogP contribution in [0.3, 0.4) is 0 Å². The van der Waals surface area contributed by atoms with E-state index in [-0.39, 0.29) is 62.4 Å². The number of hydrogen-bond acceptors (Lipinski definition) is 2. The average Bonchev–Trinajstić information content (AvgIpc) is 1.61. The summed E-state index contributed by atoms with van der Waals surface area (Å²) in [6.07, 6.45) is 0. The Kier molecular flexibility index (Phi) is 95.1. The van der Waals surface area contributed by atoms with Gasteiger partial charge in [0.25, 0.3) is 0 Å². The second-order valence-electron chi connectivity index (χ2n) is 0.921. The number of hydrogen-bond donors (Lipinski definition) is 1. The predicted octanol–water partition coefficient (Wildman–Crippen LogP) is -8.98. The van der Waals surface area contributed by atoms with Crippen LogP contribution in [0, 0.1) is 0 Å². The van der Waals surface area contributed by atoms with Crippen molar-refractivity contribution in [2.45, 2.75) is 6.92 Å². The Morgan fingerprint density at radius 2 is 1.60 bits per heavy atom. The number of aliphatic hydroxyl groups excluding tert-OH is 1. The number of aliphatic hydroxyl groups is 1. The van der Waals surface area contributed by atoms with Gasteiger partial charge in [0.1, 0.15) is 0 Å². The topological polar surface area (TPSA) is 29.5 Å². The summed E-state index contributed by atoms with van der Waals surface area (Å²) in [6.45, 7) is 3.20. The minimum atomic E-state index is 0. The maximum Gasteiger partial charge on any atom is 0.0697 e. The summed E-state index contributed by atoms with van der Waals surface area (Å²) in [6, 6.07) is 0. The van der Waals surface area contributed by atoms with Crippen LogP contribution in [0.1, 0.15) is 6.92 Å². The van der Waals surface area contributed by atoms with Gasteiger partial charge in [-0.15, -0.1) is 0 Å². The van der Waals surface area contributed by atoms with E-state index in [2.05, 4.69) is 0 Å². The minimum absolute atomic E-state index is 0. The third-order valence-corrected chi connectivity index (χ3v) is 0.440. The fourth-order valence-electron chi connectivity index (χ4n) is 0.209. The third-order valence-electron chi connectivity index (χ3n) is 0.440. The van der Waals surface area contributed by atoms with Gasteiger partial charge in [0, 0.05) is 25.2 Å². The van der Waals surface area contributed by atoms with Crippen molar-refractivity contribution in [2.75, 3.05) is 19.8 Å². The summed E-state index contributed by atoms with van der Waals surface area (Å²) in [5.41, 5.74) is 0. The fraction of sp³-hybridized carbons (Fsp3) is 1.00. The van der Waals surface area contributed by atoms with Gasteiger partial charge in [-0.25, -0.2) is 0 Å². The van der Waals surface area contributed by atoms with Gasteiger partial charge in [-0.1, -0.05) is 0 Å². The minimum Gasteiger partial charge on any atom is -1.00 e. The summed E-state index contributed by atoms with van der Waals surface area (Å²) in [5.74, 6) is 0. The van der Waals surface area contributed by atoms with Crippen LogP contribution in [-0.2, 0) is 23.3 Å². The van der Waals surface area contributed by atoms with Crippen molar-refractivity contribution in [2.24, 2.45) is 0 Å². The molecule has 0 aliphatic carbocycles. The van der Waals surface area contributed by atoms with Crippen LogP contribution < -0.4 is 37.2 Å². The first-order valence-corrected chi connectivity index (χ1v) is 2.10. The van der Waals surface area contributed by atoms with E-state index >= 15 is 0 Å². The van der Waals surface area contributed by atoms with Crippen LogP contribution in [0.15, 0.2) is 0 Å². The van der Waals surface area contributed by atoms with Gasteiger partial charge >= 0.3 is 0 Å². The van der Waals surface area contributed by atoms with Gasteiger partial charge in [0.15, 0.2) is 0 Å². The van der Waals surface area contributed by atoms with Crippen LogP contribution in [-0.4, -0.2) is 24.9 Å². The zero-order chi connectivity index (χ0) is 4.83. The molecule has 0 unspecified atom stereocenters. The Hall–Kier alpha value is 1.37. The number of ether oxygens (including phenoxy) is 1. The molecule has 2 nitrogen and oxygen atoms in total. The van der Waals surface area contributed by atoms with Crippen LogP contribution in [0.2, 0.25) is 0 Å². The molecule has 0 aromatic carbocycles. The van der Waals surface area contributed by atoms with Gasteiger partial charge in [0.2, 0.25) is 0 Å². The normalized spacial score (nSPS) is 5.40. The molecular weight excluding hydrogens is 237 g/mol. The molecule has 0 aromatic rings. The molecule has 10 heavy (non-hydrogen) atoms. The molecule has 0 heterocycles. The molecule has 67 valence electrons. The van der Waals surface area contributed by atoms with E-state index in [0.717, 1.165) is 0 Å². The van der Waals surface area contributed by atoms with E-state index in [1.54, 1.807) is 0 Å². The SMILES string of the molecule is CCOCCO.[Cl-].[Cl-].[Cl-].[V]. The van der Waals surface area contributed by atoms with Gasteiger partial charge in [-0.3, -0.25) is 0 Å². The fourth-order valence-corrected chi connectivity index (χ4v) is 0.209. The monoisotopic (exact) mass is 246 g/mol. The molecular formula is C4H10Cl3O2V-3. The first kappa shape index (κ1) is 30.1. The second-order valence-corrected chi connectivity index (χ2v) is 0.921. The summed E-state index contributed by atoms with van der Waals surface area (Å²) < 4.78 is 4.73. The number of rotatable bonds is 3. The largest absolute Gasteiger partial charge is 1.00 e. The van der Waals surface area contributed by atoms with E-state index in [9.17, 15) is 0 Å². The third kappa shape index (κ3) is 34.4. The Morgan fingerprint density at radius 3 is 1.70 bits per heavy atom. The molecule has 0 bridgehead atoms. The molecule has 0 aliphatic heterocycles. The van der Waals surface area contributed by atoms with Crippen LogP contribution in [0.5, 0.6) is 0 Å². The van der Waals surface area contributed by atoms with Crippen LogP contribution in [0.25, 0.3) is 0 Å². The molecule has 0 rings (SSSR count). The average molecular weight is 247 g/mol. The van der Waals surface area contributed by atoms with E-state index in [1.165, 1.54) is 0 Å². The first-order valence-electron chi connectivity index (χ1n) is 2.10. The standard InChI is InChI=1S/C4H10O2.3ClH.V/c1-2-6-4-3-5;;;;/h5H,2-4H2,1H3;3*1H;/p-3. The van der Waals surface area contributed by atoms with Crippen molar-refractivity contribution in [3.05, 3.63) is 0 Å². The van der Waals surface area contributed by atoms with E-state index < -0.39 is 0 Å². The van der Waals surface area contributed by atoms with Crippen molar-refractivity contribution in [3.8, 4) is 0 Å². The summed E-state index contributed by atoms with van der Waals surface area (Å²) in [7, 11) is 0. The predicted molar refractivity (Wildman–Crippen MR) is 23.6 cm³/mol. The Labute approximate surface area is 92.2 Å². The zero-order valence-corrected chi connectivity index (χ0v) is 9.22. The van der Waals surface area contributed by atoms with E-state index in [4.69, 9.17) is 9.84 Å². The maximum absolute atomic E-state index is 8.07. The maximum atomic E-state index is 8.07. The van der Waals surface area contributed by atoms with Crippen molar-refractivity contribution >= 4 is 0 Å². The zero-order valence-electron chi connectivity index (χ0n) is 5.56. The molecule has 0 fully saturated rings. The molecule has 0 aromatic heterocycles. The van der Waals surface area contributed by atoms with Crippen LogP contribution >= 0.6 is 0 Å². The Balaban J connectivity index is -0.0000000208. The molecule has 1 radical (unpaired) electrons. The van der Waals surface area contributed by atoms with Gasteiger partial charge < -0.3 is 47.1 Å². The summed E-state index contributed by atoms with van der Waals surface area (Å²) in [4.78, 5) is 0. The first-order chi connectivity index (χ1) is 2.91. The summed E-state index contributed by atoms with van der Waals surface area (Å²) >= 11 is 0. The molecule has 0 saturated heterocycles. The second kappa shape index (κ2) is 31.6. The molecule has 0 spiro atoms. The molecule has 6 heteroatoms. The van der Waals surface area contributed by atoms with Gasteiger partial charge in [0.05, 0.1) is 13.2 Å². The Morgan fingerprint density at radius 1 is 1.20 bits per heavy atom. The number of halogens is 3. The van der Waals surface area contributed by atoms with E-state index in [1.807, 2.05) is 6.92 Å². The molecule has 0 amide bonds. The Bertz CT molecular complexity index is 30.5. The van der Waals surface area contributed by atoms with Gasteiger partial charge in [-0.2, -0.15) is 0 Å². The summed E-state index contributed by atoms with van der Waals surface area (Å²) in [5, 5.41) is 8.07. The van der Waals surface area contributed by atoms with Crippen LogP contribution in [0.4, 0.5) is 0 Å². The van der Waals surface area contributed by atoms with Crippen molar-refractivity contribution in [1.82, 2.24) is 0 Å². The molecule has 0 aliphatic rings. The van der Waals surface area contributed by atoms with Gasteiger partial charge in [-0.05, 0) is 6.92 Å². The molecule has 0 atom stereocenters.